The summed E-state index contributed by atoms with van der Waals surface area (Å²) in [5.74, 6) is -1.68. The molecule has 0 aliphatic carbocycles. The molecule has 2 aromatic heterocycles. The van der Waals surface area contributed by atoms with E-state index in [4.69, 9.17) is 0 Å². The van der Waals surface area contributed by atoms with Gasteiger partial charge >= 0.3 is 187 Å². The van der Waals surface area contributed by atoms with Crippen LogP contribution in [0.15, 0.2) is 50.4 Å². The van der Waals surface area contributed by atoms with Crippen LogP contribution in [0.3, 0.4) is 0 Å². The van der Waals surface area contributed by atoms with E-state index < -0.39 is 56.8 Å². The standard InChI is InChI=1S/C19H11F4IN3OS2/c20-12-3-1-2-11(19(21,22)23)10(12)7-26-18(28)16-17-13(4-5-29-17)24-6-14(27-16)15-8-25-9-30-15/h1-6,8-9H,7H2,(H,26,28)/q-1. The number of aromatic nitrogens is 1. The molecule has 0 atom stereocenters. The maximum atomic E-state index is 14.1. The zero-order chi connectivity index (χ0) is 21.3. The number of carbonyl (C=O) groups excluding carboxylic acids is 1. The van der Waals surface area contributed by atoms with Crippen molar-refractivity contribution in [2.75, 3.05) is 0 Å². The summed E-state index contributed by atoms with van der Waals surface area (Å²) in [7, 11) is 0. The SMILES string of the molecule is O=C(NCc1c(F)cccc1C(F)(F)F)C1=NC(c2cncs2)=C[I-]c2ccsc21. The number of carbonyl (C=O) groups is 1. The van der Waals surface area contributed by atoms with E-state index in [0.717, 1.165) is 26.6 Å². The van der Waals surface area contributed by atoms with Crippen LogP contribution in [-0.2, 0) is 17.5 Å². The van der Waals surface area contributed by atoms with Crippen molar-refractivity contribution in [3.05, 3.63) is 75.7 Å². The quantitative estimate of drug-likeness (QED) is 0.388. The van der Waals surface area contributed by atoms with Gasteiger partial charge in [-0.1, -0.05) is 0 Å². The molecule has 30 heavy (non-hydrogen) atoms. The summed E-state index contributed by atoms with van der Waals surface area (Å²) in [6, 6.07) is 4.64. The Morgan fingerprint density at radius 3 is 2.77 bits per heavy atom. The monoisotopic (exact) mass is 564 g/mol. The third-order valence-electron chi connectivity index (χ3n) is 4.09. The van der Waals surface area contributed by atoms with Crippen LogP contribution < -0.4 is 26.5 Å². The molecular formula is C19H11F4IN3OS2-. The van der Waals surface area contributed by atoms with Crippen LogP contribution in [0.5, 0.6) is 0 Å². The average molecular weight is 564 g/mol. The molecule has 156 valence electrons. The van der Waals surface area contributed by atoms with E-state index in [9.17, 15) is 22.4 Å². The Balaban J connectivity index is 1.64. The summed E-state index contributed by atoms with van der Waals surface area (Å²) >= 11 is 2.17. The molecule has 1 aliphatic heterocycles. The van der Waals surface area contributed by atoms with Gasteiger partial charge in [0.2, 0.25) is 0 Å². The Hall–Kier alpha value is -2.12. The fraction of sp³-hybridized carbons (Fsp3) is 0.105. The number of thiophene rings is 1. The Morgan fingerprint density at radius 2 is 2.03 bits per heavy atom. The number of nitrogens with one attached hydrogen (secondary N) is 1. The minimum absolute atomic E-state index is 0.113. The number of fused-ring (bicyclic) bond motifs is 1. The fourth-order valence-electron chi connectivity index (χ4n) is 2.72. The van der Waals surface area contributed by atoms with Crippen molar-refractivity contribution in [1.29, 1.82) is 0 Å². The van der Waals surface area contributed by atoms with Crippen LogP contribution in [0.25, 0.3) is 5.70 Å². The number of benzene rings is 1. The zero-order valence-electron chi connectivity index (χ0n) is 14.8. The van der Waals surface area contributed by atoms with Crippen molar-refractivity contribution in [3.63, 3.8) is 0 Å². The summed E-state index contributed by atoms with van der Waals surface area (Å²) in [5, 5.41) is 4.26. The summed E-state index contributed by atoms with van der Waals surface area (Å²) < 4.78 is 56.7. The van der Waals surface area contributed by atoms with Crippen LogP contribution in [0.4, 0.5) is 17.6 Å². The van der Waals surface area contributed by atoms with E-state index in [1.807, 2.05) is 15.5 Å². The van der Waals surface area contributed by atoms with Crippen LogP contribution >= 0.6 is 22.7 Å². The van der Waals surface area contributed by atoms with Crippen molar-refractivity contribution in [2.45, 2.75) is 12.7 Å². The molecule has 0 saturated carbocycles. The molecule has 3 aromatic rings. The van der Waals surface area contributed by atoms with Gasteiger partial charge < -0.3 is 0 Å². The summed E-state index contributed by atoms with van der Waals surface area (Å²) in [6.07, 6.45) is -3.08. The molecule has 3 heterocycles. The molecule has 0 saturated heterocycles. The van der Waals surface area contributed by atoms with Crippen molar-refractivity contribution >= 4 is 40.0 Å². The van der Waals surface area contributed by atoms with Gasteiger partial charge in [-0.2, -0.15) is 0 Å². The molecule has 4 rings (SSSR count). The van der Waals surface area contributed by atoms with Crippen LogP contribution in [0, 0.1) is 9.39 Å². The zero-order valence-corrected chi connectivity index (χ0v) is 18.6. The minimum atomic E-state index is -4.73. The van der Waals surface area contributed by atoms with Crippen molar-refractivity contribution in [3.8, 4) is 0 Å². The number of hydrogen-bond donors (Lipinski definition) is 1. The number of aliphatic imine (C=N–C) groups is 1. The second-order valence-corrected chi connectivity index (χ2v) is 10.2. The first-order valence-corrected chi connectivity index (χ1v) is 12.4. The number of halogens is 5. The first-order chi connectivity index (χ1) is 14.3. The first kappa shape index (κ1) is 21.1. The molecule has 0 spiro atoms. The summed E-state index contributed by atoms with van der Waals surface area (Å²) in [4.78, 5) is 22.9. The maximum absolute atomic E-state index is 14.1. The predicted octanol–water partition coefficient (Wildman–Crippen LogP) is 1.74. The van der Waals surface area contributed by atoms with Crippen LogP contribution in [0.1, 0.15) is 20.9 Å². The second kappa shape index (κ2) is 8.55. The van der Waals surface area contributed by atoms with Gasteiger partial charge in [0, 0.05) is 0 Å². The summed E-state index contributed by atoms with van der Waals surface area (Å²) in [6.45, 7) is -0.602. The van der Waals surface area contributed by atoms with Gasteiger partial charge in [-0.25, -0.2) is 0 Å². The van der Waals surface area contributed by atoms with Crippen molar-refractivity contribution < 1.29 is 43.6 Å². The molecule has 1 aromatic carbocycles. The molecule has 1 amide bonds. The Kier molecular flexibility index (Phi) is 6.02. The topological polar surface area (TPSA) is 54.4 Å². The first-order valence-electron chi connectivity index (χ1n) is 8.36. The van der Waals surface area contributed by atoms with Gasteiger partial charge in [-0.3, -0.25) is 0 Å². The van der Waals surface area contributed by atoms with Gasteiger partial charge in [0.05, 0.1) is 0 Å². The molecule has 1 N–H and O–H groups in total. The molecule has 0 bridgehead atoms. The van der Waals surface area contributed by atoms with Crippen LogP contribution in [0.2, 0.25) is 0 Å². The second-order valence-electron chi connectivity index (χ2n) is 5.97. The van der Waals surface area contributed by atoms with E-state index in [0.29, 0.717) is 10.6 Å². The number of nitrogens with zero attached hydrogens (tertiary/aromatic N) is 2. The Labute approximate surface area is 186 Å². The van der Waals surface area contributed by atoms with E-state index in [1.54, 1.807) is 11.7 Å². The number of alkyl halides is 3. The molecular weight excluding hydrogens is 553 g/mol. The van der Waals surface area contributed by atoms with Gasteiger partial charge in [-0.05, 0) is 0 Å². The third-order valence-corrected chi connectivity index (χ3v) is 8.64. The number of thiazole rings is 1. The van der Waals surface area contributed by atoms with E-state index in [2.05, 4.69) is 15.3 Å². The number of rotatable bonds is 4. The van der Waals surface area contributed by atoms with Gasteiger partial charge in [0.25, 0.3) is 0 Å². The van der Waals surface area contributed by atoms with E-state index in [-0.39, 0.29) is 5.71 Å². The Bertz CT molecular complexity index is 1150. The fourth-order valence-corrected chi connectivity index (χ4v) is 7.24. The molecule has 11 heteroatoms. The predicted molar refractivity (Wildman–Crippen MR) is 103 cm³/mol. The normalized spacial score (nSPS) is 14.1. The molecule has 0 fully saturated rings. The van der Waals surface area contributed by atoms with E-state index >= 15 is 0 Å². The van der Waals surface area contributed by atoms with E-state index in [1.165, 1.54) is 22.7 Å². The molecule has 4 nitrogen and oxygen atoms in total. The van der Waals surface area contributed by atoms with Gasteiger partial charge in [0.15, 0.2) is 0 Å². The van der Waals surface area contributed by atoms with Gasteiger partial charge in [0.1, 0.15) is 0 Å². The number of hydrogen-bond acceptors (Lipinski definition) is 5. The van der Waals surface area contributed by atoms with Gasteiger partial charge in [-0.15, -0.1) is 0 Å². The van der Waals surface area contributed by atoms with Crippen molar-refractivity contribution in [2.24, 2.45) is 4.99 Å². The summed E-state index contributed by atoms with van der Waals surface area (Å²) in [5.41, 5.74) is 0.659. The Morgan fingerprint density at radius 1 is 1.20 bits per heavy atom. The third kappa shape index (κ3) is 4.32. The average Bonchev–Trinajstić information content (AvgIpc) is 3.36. The molecule has 1 aliphatic rings. The van der Waals surface area contributed by atoms with Crippen LogP contribution in [-0.4, -0.2) is 16.6 Å². The molecule has 0 radical (unpaired) electrons. The number of amides is 1. The molecule has 0 unspecified atom stereocenters. The van der Waals surface area contributed by atoms with Crippen molar-refractivity contribution in [1.82, 2.24) is 10.3 Å².